The fourth-order valence-electron chi connectivity index (χ4n) is 3.91. The fraction of sp³-hybridized carbons (Fsp3) is 0.947. The van der Waals surface area contributed by atoms with Crippen LogP contribution in [0, 0.1) is 11.8 Å². The molecular formula is C19H37N3O3. The zero-order valence-electron chi connectivity index (χ0n) is 16.6. The van der Waals surface area contributed by atoms with Crippen molar-refractivity contribution in [2.75, 3.05) is 39.3 Å². The SMILES string of the molecule is C[C@@H]1CN(CCN2CCC(NC(=O)OC(C)(C)C)CC2)C[C@H](C)C1O. The summed E-state index contributed by atoms with van der Waals surface area (Å²) in [6, 6.07) is 0.219. The first-order chi connectivity index (χ1) is 11.6. The number of likely N-dealkylation sites (tertiary alicyclic amines) is 2. The Kier molecular flexibility index (Phi) is 7.11. The molecule has 0 radical (unpaired) electrons. The summed E-state index contributed by atoms with van der Waals surface area (Å²) in [6.45, 7) is 16.1. The van der Waals surface area contributed by atoms with Gasteiger partial charge in [-0.3, -0.25) is 0 Å². The molecule has 2 N–H and O–H groups in total. The molecule has 0 saturated carbocycles. The zero-order chi connectivity index (χ0) is 18.6. The van der Waals surface area contributed by atoms with Gasteiger partial charge in [-0.2, -0.15) is 0 Å². The molecular weight excluding hydrogens is 318 g/mol. The molecule has 2 aliphatic rings. The van der Waals surface area contributed by atoms with Crippen molar-refractivity contribution in [3.8, 4) is 0 Å². The van der Waals surface area contributed by atoms with Gasteiger partial charge >= 0.3 is 6.09 Å². The highest BCUT2D eigenvalue weighted by molar-refractivity contribution is 5.68. The van der Waals surface area contributed by atoms with Crippen LogP contribution in [0.1, 0.15) is 47.5 Å². The van der Waals surface area contributed by atoms with Crippen LogP contribution in [0.15, 0.2) is 0 Å². The van der Waals surface area contributed by atoms with Crippen LogP contribution in [0.4, 0.5) is 4.79 Å². The summed E-state index contributed by atoms with van der Waals surface area (Å²) in [5, 5.41) is 13.1. The maximum atomic E-state index is 11.9. The third kappa shape index (κ3) is 6.76. The van der Waals surface area contributed by atoms with Crippen molar-refractivity contribution < 1.29 is 14.6 Å². The minimum Gasteiger partial charge on any atom is -0.444 e. The van der Waals surface area contributed by atoms with E-state index in [2.05, 4.69) is 29.0 Å². The highest BCUT2D eigenvalue weighted by Crippen LogP contribution is 2.22. The van der Waals surface area contributed by atoms with Crippen molar-refractivity contribution in [2.45, 2.75) is 65.2 Å². The number of aliphatic hydroxyl groups excluding tert-OH is 1. The Morgan fingerprint density at radius 1 is 1.08 bits per heavy atom. The Balaban J connectivity index is 1.65. The Labute approximate surface area is 152 Å². The molecule has 1 amide bonds. The number of ether oxygens (including phenoxy) is 1. The number of carbonyl (C=O) groups excluding carboxylic acids is 1. The highest BCUT2D eigenvalue weighted by Gasteiger charge is 2.30. The standard InChI is InChI=1S/C19H37N3O3/c1-14-12-22(13-15(2)17(14)23)11-10-21-8-6-16(7-9-21)20-18(24)25-19(3,4)5/h14-17,23H,6-13H2,1-5H3,(H,20,24)/t14-,15+,17?. The van der Waals surface area contributed by atoms with E-state index >= 15 is 0 Å². The Hall–Kier alpha value is -0.850. The van der Waals surface area contributed by atoms with Crippen molar-refractivity contribution in [3.05, 3.63) is 0 Å². The monoisotopic (exact) mass is 355 g/mol. The van der Waals surface area contributed by atoms with Crippen LogP contribution in [0.5, 0.6) is 0 Å². The molecule has 6 heteroatoms. The topological polar surface area (TPSA) is 65.0 Å². The third-order valence-corrected chi connectivity index (χ3v) is 5.30. The van der Waals surface area contributed by atoms with E-state index in [-0.39, 0.29) is 18.2 Å². The van der Waals surface area contributed by atoms with Gasteiger partial charge in [-0.1, -0.05) is 13.8 Å². The van der Waals surface area contributed by atoms with Gasteiger partial charge in [0.15, 0.2) is 0 Å². The smallest absolute Gasteiger partial charge is 0.407 e. The van der Waals surface area contributed by atoms with Crippen LogP contribution in [-0.4, -0.2) is 78.0 Å². The van der Waals surface area contributed by atoms with E-state index in [4.69, 9.17) is 4.74 Å². The highest BCUT2D eigenvalue weighted by atomic mass is 16.6. The molecule has 146 valence electrons. The van der Waals surface area contributed by atoms with Gasteiger partial charge in [0.1, 0.15) is 5.60 Å². The van der Waals surface area contributed by atoms with E-state index in [9.17, 15) is 9.90 Å². The normalized spacial score (nSPS) is 30.2. The number of alkyl carbamates (subject to hydrolysis) is 1. The van der Waals surface area contributed by atoms with E-state index in [1.54, 1.807) is 0 Å². The lowest BCUT2D eigenvalue weighted by molar-refractivity contribution is -0.0110. The molecule has 2 aliphatic heterocycles. The molecule has 2 rings (SSSR count). The summed E-state index contributed by atoms with van der Waals surface area (Å²) >= 11 is 0. The lowest BCUT2D eigenvalue weighted by Crippen LogP contribution is -2.51. The molecule has 0 aromatic rings. The van der Waals surface area contributed by atoms with E-state index < -0.39 is 5.60 Å². The molecule has 25 heavy (non-hydrogen) atoms. The maximum Gasteiger partial charge on any atom is 0.407 e. The number of amides is 1. The van der Waals surface area contributed by atoms with Crippen molar-refractivity contribution in [3.63, 3.8) is 0 Å². The van der Waals surface area contributed by atoms with E-state index in [0.29, 0.717) is 11.8 Å². The lowest BCUT2D eigenvalue weighted by atomic mass is 9.88. The van der Waals surface area contributed by atoms with Gasteiger partial charge in [-0.25, -0.2) is 4.79 Å². The quantitative estimate of drug-likeness (QED) is 0.807. The van der Waals surface area contributed by atoms with Crippen molar-refractivity contribution in [1.82, 2.24) is 15.1 Å². The number of nitrogens with zero attached hydrogens (tertiary/aromatic N) is 2. The third-order valence-electron chi connectivity index (χ3n) is 5.30. The summed E-state index contributed by atoms with van der Waals surface area (Å²) in [5.74, 6) is 0.708. The average molecular weight is 356 g/mol. The second kappa shape index (κ2) is 8.69. The van der Waals surface area contributed by atoms with Crippen molar-refractivity contribution >= 4 is 6.09 Å². The summed E-state index contributed by atoms with van der Waals surface area (Å²) in [6.07, 6.45) is 1.49. The van der Waals surface area contributed by atoms with Crippen LogP contribution in [0.3, 0.4) is 0 Å². The molecule has 0 bridgehead atoms. The molecule has 6 nitrogen and oxygen atoms in total. The number of piperidine rings is 2. The van der Waals surface area contributed by atoms with Crippen molar-refractivity contribution in [2.24, 2.45) is 11.8 Å². The second-order valence-electron chi connectivity index (χ2n) is 8.97. The lowest BCUT2D eigenvalue weighted by Gasteiger charge is -2.40. The number of nitrogens with one attached hydrogen (secondary N) is 1. The Morgan fingerprint density at radius 2 is 1.60 bits per heavy atom. The molecule has 0 spiro atoms. The van der Waals surface area contributed by atoms with Gasteiger partial charge in [-0.05, 0) is 45.4 Å². The van der Waals surface area contributed by atoms with Crippen LogP contribution < -0.4 is 5.32 Å². The summed E-state index contributed by atoms with van der Waals surface area (Å²) in [5.41, 5.74) is -0.443. The molecule has 0 aromatic heterocycles. The van der Waals surface area contributed by atoms with Crippen LogP contribution in [0.2, 0.25) is 0 Å². The number of carbonyl (C=O) groups is 1. The molecule has 2 heterocycles. The first kappa shape index (κ1) is 20.5. The largest absolute Gasteiger partial charge is 0.444 e. The zero-order valence-corrected chi connectivity index (χ0v) is 16.6. The van der Waals surface area contributed by atoms with Gasteiger partial charge in [0.25, 0.3) is 0 Å². The van der Waals surface area contributed by atoms with E-state index in [0.717, 1.165) is 52.1 Å². The van der Waals surface area contributed by atoms with Crippen LogP contribution in [-0.2, 0) is 4.74 Å². The molecule has 2 fully saturated rings. The number of hydrogen-bond acceptors (Lipinski definition) is 5. The predicted octanol–water partition coefficient (Wildman–Crippen LogP) is 1.92. The number of hydrogen-bond donors (Lipinski definition) is 2. The molecule has 0 aromatic carbocycles. The Bertz CT molecular complexity index is 418. The Morgan fingerprint density at radius 3 is 2.12 bits per heavy atom. The fourth-order valence-corrected chi connectivity index (χ4v) is 3.91. The van der Waals surface area contributed by atoms with E-state index in [1.165, 1.54) is 0 Å². The van der Waals surface area contributed by atoms with Gasteiger partial charge in [-0.15, -0.1) is 0 Å². The van der Waals surface area contributed by atoms with Crippen LogP contribution in [0.25, 0.3) is 0 Å². The molecule has 1 unspecified atom stereocenters. The first-order valence-corrected chi connectivity index (χ1v) is 9.76. The van der Waals surface area contributed by atoms with E-state index in [1.807, 2.05) is 20.8 Å². The van der Waals surface area contributed by atoms with Gasteiger partial charge in [0, 0.05) is 45.3 Å². The number of rotatable bonds is 4. The summed E-state index contributed by atoms with van der Waals surface area (Å²) in [4.78, 5) is 16.8. The van der Waals surface area contributed by atoms with Gasteiger partial charge < -0.3 is 25.0 Å². The summed E-state index contributed by atoms with van der Waals surface area (Å²) in [7, 11) is 0. The maximum absolute atomic E-state index is 11.9. The predicted molar refractivity (Wildman–Crippen MR) is 99.6 cm³/mol. The van der Waals surface area contributed by atoms with Crippen molar-refractivity contribution in [1.29, 1.82) is 0 Å². The minimum absolute atomic E-state index is 0.161. The summed E-state index contributed by atoms with van der Waals surface area (Å²) < 4.78 is 5.33. The number of aliphatic hydroxyl groups is 1. The van der Waals surface area contributed by atoms with Crippen LogP contribution >= 0.6 is 0 Å². The van der Waals surface area contributed by atoms with Gasteiger partial charge in [0.05, 0.1) is 6.10 Å². The molecule has 3 atom stereocenters. The molecule has 0 aliphatic carbocycles. The second-order valence-corrected chi connectivity index (χ2v) is 8.97. The first-order valence-electron chi connectivity index (χ1n) is 9.76. The average Bonchev–Trinajstić information content (AvgIpc) is 2.50. The minimum atomic E-state index is -0.443. The van der Waals surface area contributed by atoms with Gasteiger partial charge in [0.2, 0.25) is 0 Å². The molecule has 2 saturated heterocycles.